The number of aliphatic hydroxyl groups is 1. The van der Waals surface area contributed by atoms with Crippen molar-refractivity contribution in [2.24, 2.45) is 0 Å². The second-order valence-electron chi connectivity index (χ2n) is 3.90. The molecule has 0 aliphatic rings. The van der Waals surface area contributed by atoms with Gasteiger partial charge in [-0.05, 0) is 11.6 Å². The van der Waals surface area contributed by atoms with Gasteiger partial charge in [0.2, 0.25) is 0 Å². The van der Waals surface area contributed by atoms with Gasteiger partial charge in [-0.2, -0.15) is 0 Å². The molecule has 0 saturated carbocycles. The summed E-state index contributed by atoms with van der Waals surface area (Å²) in [7, 11) is 3.54. The van der Waals surface area contributed by atoms with Gasteiger partial charge in [-0.1, -0.05) is 0 Å². The van der Waals surface area contributed by atoms with Gasteiger partial charge < -0.3 is 10.0 Å². The van der Waals surface area contributed by atoms with Crippen LogP contribution in [0, 0.1) is 10.1 Å². The molecule has 0 saturated heterocycles. The highest BCUT2D eigenvalue weighted by atomic mass is 16.6. The van der Waals surface area contributed by atoms with Crippen molar-refractivity contribution in [2.45, 2.75) is 6.61 Å². The molecule has 0 unspecified atom stereocenters. The van der Waals surface area contributed by atoms with E-state index in [0.29, 0.717) is 0 Å². The molecular formula is C12H14N2O4. The summed E-state index contributed by atoms with van der Waals surface area (Å²) in [6, 6.07) is 3.80. The zero-order valence-electron chi connectivity index (χ0n) is 10.2. The number of benzene rings is 1. The van der Waals surface area contributed by atoms with Crippen LogP contribution in [0.3, 0.4) is 0 Å². The Bertz CT molecular complexity index is 495. The molecule has 0 radical (unpaired) electrons. The van der Waals surface area contributed by atoms with Gasteiger partial charge in [0.1, 0.15) is 0 Å². The Hall–Kier alpha value is -2.21. The van der Waals surface area contributed by atoms with Crippen LogP contribution in [-0.2, 0) is 6.61 Å². The number of hydrogen-bond acceptors (Lipinski definition) is 5. The third kappa shape index (κ3) is 3.39. The van der Waals surface area contributed by atoms with Crippen molar-refractivity contribution in [3.63, 3.8) is 0 Å². The molecule has 96 valence electrons. The number of allylic oxidation sites excluding steroid dienone is 1. The van der Waals surface area contributed by atoms with Crippen molar-refractivity contribution in [1.82, 2.24) is 4.90 Å². The number of carbonyl (C=O) groups excluding carboxylic acids is 1. The van der Waals surface area contributed by atoms with Crippen LogP contribution in [0.15, 0.2) is 30.5 Å². The number of hydrogen-bond donors (Lipinski definition) is 1. The van der Waals surface area contributed by atoms with Crippen molar-refractivity contribution < 1.29 is 14.8 Å². The molecule has 1 aromatic carbocycles. The highest BCUT2D eigenvalue weighted by Gasteiger charge is 2.13. The van der Waals surface area contributed by atoms with Crippen LogP contribution in [0.2, 0.25) is 0 Å². The van der Waals surface area contributed by atoms with E-state index in [4.69, 9.17) is 5.11 Å². The zero-order chi connectivity index (χ0) is 13.7. The molecule has 0 heterocycles. The second-order valence-corrected chi connectivity index (χ2v) is 3.90. The molecule has 6 nitrogen and oxygen atoms in total. The lowest BCUT2D eigenvalue weighted by molar-refractivity contribution is -0.384. The Kier molecular flexibility index (Phi) is 4.56. The molecule has 0 aliphatic heterocycles. The topological polar surface area (TPSA) is 83.7 Å². The summed E-state index contributed by atoms with van der Waals surface area (Å²) in [5.74, 6) is -0.303. The average molecular weight is 250 g/mol. The molecule has 0 bridgehead atoms. The van der Waals surface area contributed by atoms with Crippen molar-refractivity contribution in [2.75, 3.05) is 14.1 Å². The smallest absolute Gasteiger partial charge is 0.269 e. The largest absolute Gasteiger partial charge is 0.392 e. The molecular weight excluding hydrogens is 236 g/mol. The quantitative estimate of drug-likeness (QED) is 0.369. The first-order valence-corrected chi connectivity index (χ1v) is 5.23. The number of nitro groups is 1. The Morgan fingerprint density at radius 3 is 2.67 bits per heavy atom. The molecule has 0 spiro atoms. The van der Waals surface area contributed by atoms with E-state index in [-0.39, 0.29) is 22.6 Å². The van der Waals surface area contributed by atoms with E-state index in [1.807, 2.05) is 0 Å². The summed E-state index contributed by atoms with van der Waals surface area (Å²) in [4.78, 5) is 23.5. The predicted molar refractivity (Wildman–Crippen MR) is 66.2 cm³/mol. The molecule has 0 fully saturated rings. The van der Waals surface area contributed by atoms with Crippen LogP contribution < -0.4 is 0 Å². The monoisotopic (exact) mass is 250 g/mol. The minimum atomic E-state index is -0.566. The lowest BCUT2D eigenvalue weighted by Crippen LogP contribution is -2.05. The van der Waals surface area contributed by atoms with Crippen LogP contribution in [0.25, 0.3) is 0 Å². The van der Waals surface area contributed by atoms with Crippen molar-refractivity contribution in [3.05, 3.63) is 51.7 Å². The number of non-ortho nitro benzene ring substituents is 1. The van der Waals surface area contributed by atoms with Gasteiger partial charge in [-0.3, -0.25) is 14.9 Å². The molecule has 1 aromatic rings. The molecule has 0 amide bonds. The number of rotatable bonds is 5. The van der Waals surface area contributed by atoms with Gasteiger partial charge in [0.05, 0.1) is 11.5 Å². The van der Waals surface area contributed by atoms with Crippen LogP contribution >= 0.6 is 0 Å². The lowest BCUT2D eigenvalue weighted by atomic mass is 10.0. The Balaban J connectivity index is 3.09. The minimum absolute atomic E-state index is 0.146. The van der Waals surface area contributed by atoms with Crippen molar-refractivity contribution in [3.8, 4) is 0 Å². The van der Waals surface area contributed by atoms with E-state index in [0.717, 1.165) is 0 Å². The van der Waals surface area contributed by atoms with Crippen LogP contribution in [-0.4, -0.2) is 34.8 Å². The summed E-state index contributed by atoms with van der Waals surface area (Å²) < 4.78 is 0. The van der Waals surface area contributed by atoms with Gasteiger partial charge in [0.25, 0.3) is 5.69 Å². The number of aliphatic hydroxyl groups excluding tert-OH is 1. The molecule has 18 heavy (non-hydrogen) atoms. The fourth-order valence-electron chi connectivity index (χ4n) is 1.37. The van der Waals surface area contributed by atoms with Crippen LogP contribution in [0.5, 0.6) is 0 Å². The number of ketones is 1. The van der Waals surface area contributed by atoms with Gasteiger partial charge in [-0.15, -0.1) is 0 Å². The molecule has 6 heteroatoms. The summed E-state index contributed by atoms with van der Waals surface area (Å²) >= 11 is 0. The number of nitrogens with zero attached hydrogens (tertiary/aromatic N) is 2. The van der Waals surface area contributed by atoms with Crippen molar-refractivity contribution in [1.29, 1.82) is 0 Å². The van der Waals surface area contributed by atoms with E-state index >= 15 is 0 Å². The fraction of sp³-hybridized carbons (Fsp3) is 0.250. The maximum atomic E-state index is 11.8. The number of nitro benzene ring substituents is 1. The fourth-order valence-corrected chi connectivity index (χ4v) is 1.37. The highest BCUT2D eigenvalue weighted by molar-refractivity contribution is 6.05. The maximum Gasteiger partial charge on any atom is 0.269 e. The van der Waals surface area contributed by atoms with Crippen LogP contribution in [0.1, 0.15) is 15.9 Å². The summed E-state index contributed by atoms with van der Waals surface area (Å²) in [5.41, 5.74) is 0.367. The molecule has 1 rings (SSSR count). The van der Waals surface area contributed by atoms with Gasteiger partial charge in [0, 0.05) is 44.1 Å². The Labute approximate surface area is 104 Å². The second kappa shape index (κ2) is 5.92. The first-order valence-electron chi connectivity index (χ1n) is 5.23. The molecule has 1 N–H and O–H groups in total. The summed E-state index contributed by atoms with van der Waals surface area (Å²) in [6.07, 6.45) is 2.92. The highest BCUT2D eigenvalue weighted by Crippen LogP contribution is 2.18. The normalized spacial score (nSPS) is 10.6. The van der Waals surface area contributed by atoms with Crippen molar-refractivity contribution >= 4 is 11.5 Å². The summed E-state index contributed by atoms with van der Waals surface area (Å²) in [5, 5.41) is 19.7. The third-order valence-corrected chi connectivity index (χ3v) is 2.26. The Morgan fingerprint density at radius 2 is 2.17 bits per heavy atom. The predicted octanol–water partition coefficient (Wildman–Crippen LogP) is 1.35. The first kappa shape index (κ1) is 13.9. The third-order valence-electron chi connectivity index (χ3n) is 2.26. The van der Waals surface area contributed by atoms with E-state index in [9.17, 15) is 14.9 Å². The minimum Gasteiger partial charge on any atom is -0.392 e. The van der Waals surface area contributed by atoms with Gasteiger partial charge in [0.15, 0.2) is 5.78 Å². The SMILES string of the molecule is CN(C)C=CC(=O)c1ccc([N+](=O)[O-])cc1CO. The average Bonchev–Trinajstić information content (AvgIpc) is 2.34. The van der Waals surface area contributed by atoms with Crippen LogP contribution in [0.4, 0.5) is 5.69 Å². The number of carbonyl (C=O) groups is 1. The van der Waals surface area contributed by atoms with E-state index in [1.165, 1.54) is 24.3 Å². The first-order chi connectivity index (χ1) is 8.45. The molecule has 0 aliphatic carbocycles. The molecule has 0 aromatic heterocycles. The summed E-state index contributed by atoms with van der Waals surface area (Å²) in [6.45, 7) is -0.418. The lowest BCUT2D eigenvalue weighted by Gasteiger charge is -2.05. The van der Waals surface area contributed by atoms with Gasteiger partial charge >= 0.3 is 0 Å². The maximum absolute atomic E-state index is 11.8. The van der Waals surface area contributed by atoms with E-state index < -0.39 is 11.5 Å². The Morgan fingerprint density at radius 1 is 1.50 bits per heavy atom. The standard InChI is InChI=1S/C12H14N2O4/c1-13(2)6-5-12(16)11-4-3-10(14(17)18)7-9(11)8-15/h3-7,15H,8H2,1-2H3. The van der Waals surface area contributed by atoms with Gasteiger partial charge in [-0.25, -0.2) is 0 Å². The molecule has 0 atom stereocenters. The van der Waals surface area contributed by atoms with E-state index in [2.05, 4.69) is 0 Å². The zero-order valence-corrected chi connectivity index (χ0v) is 10.2. The van der Waals surface area contributed by atoms with E-state index in [1.54, 1.807) is 25.2 Å².